The topological polar surface area (TPSA) is 85.1 Å². The molecule has 2 aromatic rings. The lowest BCUT2D eigenvalue weighted by atomic mass is 10.4. The molecule has 0 fully saturated rings. The summed E-state index contributed by atoms with van der Waals surface area (Å²) in [7, 11) is 0. The van der Waals surface area contributed by atoms with Crippen LogP contribution in [0.5, 0.6) is 0 Å². The molecule has 17 heavy (non-hydrogen) atoms. The Kier molecular flexibility index (Phi) is 3.10. The van der Waals surface area contributed by atoms with E-state index in [4.69, 9.17) is 0 Å². The lowest BCUT2D eigenvalue weighted by Crippen LogP contribution is -2.09. The maximum absolute atomic E-state index is 11.7. The van der Waals surface area contributed by atoms with E-state index in [-0.39, 0.29) is 10.9 Å². The second-order valence-corrected chi connectivity index (χ2v) is 4.15. The van der Waals surface area contributed by atoms with Crippen LogP contribution in [0, 0.1) is 10.1 Å². The summed E-state index contributed by atoms with van der Waals surface area (Å²) in [6.07, 6.45) is 3.10. The molecule has 0 aliphatic carbocycles. The van der Waals surface area contributed by atoms with Crippen LogP contribution in [-0.2, 0) is 0 Å². The summed E-state index contributed by atoms with van der Waals surface area (Å²) in [5.74, 6) is -0.366. The number of thiophene rings is 1. The van der Waals surface area contributed by atoms with Gasteiger partial charge in [-0.3, -0.25) is 19.9 Å². The van der Waals surface area contributed by atoms with Gasteiger partial charge in [0.05, 0.1) is 9.80 Å². The molecule has 1 N–H and O–H groups in total. The fraction of sp³-hybridized carbons (Fsp3) is 0. The lowest BCUT2D eigenvalue weighted by Gasteiger charge is -2.01. The number of amides is 1. The van der Waals surface area contributed by atoms with Crippen molar-refractivity contribution in [2.45, 2.75) is 0 Å². The Labute approximate surface area is 100 Å². The van der Waals surface area contributed by atoms with Gasteiger partial charge in [0.1, 0.15) is 0 Å². The van der Waals surface area contributed by atoms with Gasteiger partial charge in [0.25, 0.3) is 5.91 Å². The first-order valence-corrected chi connectivity index (χ1v) is 5.44. The van der Waals surface area contributed by atoms with E-state index in [0.29, 0.717) is 10.6 Å². The average molecular weight is 249 g/mol. The average Bonchev–Trinajstić information content (AvgIpc) is 2.79. The third-order valence-electron chi connectivity index (χ3n) is 1.93. The van der Waals surface area contributed by atoms with Gasteiger partial charge >= 0.3 is 5.00 Å². The van der Waals surface area contributed by atoms with Crippen molar-refractivity contribution in [2.75, 3.05) is 5.32 Å². The normalized spacial score (nSPS) is 9.88. The van der Waals surface area contributed by atoms with Gasteiger partial charge in [-0.1, -0.05) is 11.3 Å². The van der Waals surface area contributed by atoms with Gasteiger partial charge in [-0.25, -0.2) is 0 Å². The first-order chi connectivity index (χ1) is 8.16. The van der Waals surface area contributed by atoms with Crippen LogP contribution in [0.2, 0.25) is 0 Å². The highest BCUT2D eigenvalue weighted by Gasteiger charge is 2.15. The summed E-state index contributed by atoms with van der Waals surface area (Å²) in [6.45, 7) is 0. The molecule has 0 radical (unpaired) electrons. The Morgan fingerprint density at radius 1 is 1.29 bits per heavy atom. The Morgan fingerprint density at radius 2 is 2.00 bits per heavy atom. The maximum Gasteiger partial charge on any atom is 0.324 e. The molecule has 0 spiro atoms. The number of rotatable bonds is 3. The number of carbonyl (C=O) groups is 1. The SMILES string of the molecule is O=C(Nc1ccncc1)c1ccc([N+](=O)[O-])s1. The van der Waals surface area contributed by atoms with Crippen molar-refractivity contribution in [2.24, 2.45) is 0 Å². The summed E-state index contributed by atoms with van der Waals surface area (Å²) in [4.78, 5) is 25.8. The molecule has 0 unspecified atom stereocenters. The number of hydrogen-bond acceptors (Lipinski definition) is 5. The van der Waals surface area contributed by atoms with Gasteiger partial charge in [0.15, 0.2) is 0 Å². The Balaban J connectivity index is 2.12. The third-order valence-corrected chi connectivity index (χ3v) is 2.97. The van der Waals surface area contributed by atoms with Crippen LogP contribution in [0.3, 0.4) is 0 Å². The molecule has 86 valence electrons. The van der Waals surface area contributed by atoms with Crippen molar-refractivity contribution in [3.05, 3.63) is 51.7 Å². The number of hydrogen-bond donors (Lipinski definition) is 1. The molecular weight excluding hydrogens is 242 g/mol. The van der Waals surface area contributed by atoms with E-state index >= 15 is 0 Å². The molecule has 0 aliphatic heterocycles. The molecule has 1 amide bonds. The quantitative estimate of drug-likeness (QED) is 0.668. The number of nitro groups is 1. The van der Waals surface area contributed by atoms with Crippen molar-refractivity contribution in [3.63, 3.8) is 0 Å². The Bertz CT molecular complexity index is 553. The molecule has 6 nitrogen and oxygen atoms in total. The van der Waals surface area contributed by atoms with E-state index in [1.807, 2.05) is 0 Å². The fourth-order valence-corrected chi connectivity index (χ4v) is 1.89. The summed E-state index contributed by atoms with van der Waals surface area (Å²) < 4.78 is 0. The predicted octanol–water partition coefficient (Wildman–Crippen LogP) is 2.30. The lowest BCUT2D eigenvalue weighted by molar-refractivity contribution is -0.380. The van der Waals surface area contributed by atoms with Crippen LogP contribution in [-0.4, -0.2) is 15.8 Å². The molecular formula is C10H7N3O3S. The van der Waals surface area contributed by atoms with Gasteiger partial charge < -0.3 is 5.32 Å². The van der Waals surface area contributed by atoms with E-state index in [1.165, 1.54) is 12.1 Å². The first-order valence-electron chi connectivity index (χ1n) is 4.62. The fourth-order valence-electron chi connectivity index (χ4n) is 1.18. The summed E-state index contributed by atoms with van der Waals surface area (Å²) in [5.41, 5.74) is 0.598. The number of aromatic nitrogens is 1. The number of carbonyl (C=O) groups excluding carboxylic acids is 1. The summed E-state index contributed by atoms with van der Waals surface area (Å²) in [6, 6.07) is 6.02. The summed E-state index contributed by atoms with van der Waals surface area (Å²) in [5, 5.41) is 13.0. The van der Waals surface area contributed by atoms with Crippen LogP contribution < -0.4 is 5.32 Å². The smallest absolute Gasteiger partial charge is 0.321 e. The van der Waals surface area contributed by atoms with E-state index in [9.17, 15) is 14.9 Å². The van der Waals surface area contributed by atoms with E-state index < -0.39 is 4.92 Å². The highest BCUT2D eigenvalue weighted by molar-refractivity contribution is 7.17. The van der Waals surface area contributed by atoms with E-state index in [2.05, 4.69) is 10.3 Å². The van der Waals surface area contributed by atoms with Gasteiger partial charge in [0, 0.05) is 24.1 Å². The maximum atomic E-state index is 11.7. The molecule has 0 saturated carbocycles. The van der Waals surface area contributed by atoms with Crippen molar-refractivity contribution in [1.82, 2.24) is 4.98 Å². The van der Waals surface area contributed by atoms with Crippen LogP contribution >= 0.6 is 11.3 Å². The monoisotopic (exact) mass is 249 g/mol. The second kappa shape index (κ2) is 4.71. The van der Waals surface area contributed by atoms with Crippen LogP contribution in [0.15, 0.2) is 36.7 Å². The van der Waals surface area contributed by atoms with Crippen molar-refractivity contribution < 1.29 is 9.72 Å². The largest absolute Gasteiger partial charge is 0.324 e. The van der Waals surface area contributed by atoms with Crippen LogP contribution in [0.25, 0.3) is 0 Å². The van der Waals surface area contributed by atoms with Gasteiger partial charge in [-0.2, -0.15) is 0 Å². The van der Waals surface area contributed by atoms with E-state index in [0.717, 1.165) is 11.3 Å². The predicted molar refractivity (Wildman–Crippen MR) is 63.2 cm³/mol. The van der Waals surface area contributed by atoms with Crippen LogP contribution in [0.1, 0.15) is 9.67 Å². The molecule has 0 aromatic carbocycles. The van der Waals surface area contributed by atoms with Gasteiger partial charge in [-0.05, 0) is 18.2 Å². The van der Waals surface area contributed by atoms with Crippen molar-refractivity contribution in [3.8, 4) is 0 Å². The molecule has 7 heteroatoms. The molecule has 0 aliphatic rings. The molecule has 0 atom stereocenters. The minimum Gasteiger partial charge on any atom is -0.321 e. The zero-order valence-electron chi connectivity index (χ0n) is 8.49. The zero-order valence-corrected chi connectivity index (χ0v) is 9.31. The number of nitrogens with one attached hydrogen (secondary N) is 1. The van der Waals surface area contributed by atoms with Gasteiger partial charge in [0.2, 0.25) is 0 Å². The van der Waals surface area contributed by atoms with Crippen molar-refractivity contribution >= 4 is 27.9 Å². The second-order valence-electron chi connectivity index (χ2n) is 3.09. The molecule has 0 bridgehead atoms. The van der Waals surface area contributed by atoms with Crippen molar-refractivity contribution in [1.29, 1.82) is 0 Å². The number of anilines is 1. The molecule has 2 rings (SSSR count). The molecule has 2 heterocycles. The third kappa shape index (κ3) is 2.64. The molecule has 0 saturated heterocycles. The Morgan fingerprint density at radius 3 is 2.59 bits per heavy atom. The minimum atomic E-state index is -0.520. The number of nitrogens with zero attached hydrogens (tertiary/aromatic N) is 2. The minimum absolute atomic E-state index is 0.0510. The standard InChI is InChI=1S/C10H7N3O3S/c14-10(12-7-3-5-11-6-4-7)8-1-2-9(17-8)13(15)16/h1-6H,(H,11,12,14). The Hall–Kier alpha value is -2.28. The zero-order chi connectivity index (χ0) is 12.3. The highest BCUT2D eigenvalue weighted by Crippen LogP contribution is 2.24. The van der Waals surface area contributed by atoms with E-state index in [1.54, 1.807) is 24.5 Å². The molecule has 2 aromatic heterocycles. The highest BCUT2D eigenvalue weighted by atomic mass is 32.1. The number of pyridine rings is 1. The first kappa shape index (κ1) is 11.2. The summed E-state index contributed by atoms with van der Waals surface area (Å²) >= 11 is 0.842. The van der Waals surface area contributed by atoms with Gasteiger partial charge in [-0.15, -0.1) is 0 Å². The van der Waals surface area contributed by atoms with Crippen LogP contribution in [0.4, 0.5) is 10.7 Å².